The maximum absolute atomic E-state index is 12.2. The van der Waals surface area contributed by atoms with E-state index in [-0.39, 0.29) is 0 Å². The molecule has 3 heteroatoms. The zero-order valence-electron chi connectivity index (χ0n) is 12.3. The van der Waals surface area contributed by atoms with Crippen molar-refractivity contribution in [2.24, 2.45) is 0 Å². The van der Waals surface area contributed by atoms with E-state index in [1.165, 1.54) is 12.8 Å². The molecular weight excluding hydrogens is 250 g/mol. The van der Waals surface area contributed by atoms with Gasteiger partial charge in [-0.3, -0.25) is 4.90 Å². The fourth-order valence-corrected chi connectivity index (χ4v) is 3.38. The Morgan fingerprint density at radius 3 is 2.25 bits per heavy atom. The van der Waals surface area contributed by atoms with Crippen molar-refractivity contribution in [3.05, 3.63) is 35.9 Å². The second-order valence-corrected chi connectivity index (χ2v) is 5.68. The second-order valence-electron chi connectivity index (χ2n) is 5.68. The lowest BCUT2D eigenvalue weighted by Crippen LogP contribution is -2.52. The van der Waals surface area contributed by atoms with Gasteiger partial charge in [0.05, 0.1) is 0 Å². The van der Waals surface area contributed by atoms with Crippen LogP contribution in [0.2, 0.25) is 0 Å². The molecule has 0 spiro atoms. The van der Waals surface area contributed by atoms with E-state index < -0.39 is 11.5 Å². The zero-order chi connectivity index (χ0) is 14.4. The molecule has 1 unspecified atom stereocenters. The van der Waals surface area contributed by atoms with Crippen LogP contribution < -0.4 is 0 Å². The number of carboxylic acids is 1. The molecule has 1 aromatic rings. The number of aliphatic carboxylic acids is 1. The van der Waals surface area contributed by atoms with Gasteiger partial charge < -0.3 is 5.11 Å². The van der Waals surface area contributed by atoms with Gasteiger partial charge in [0.1, 0.15) is 5.54 Å². The molecule has 1 atom stereocenters. The standard InChI is InChI=1S/C17H25NO2/c1-2-12-17(16(19)20,15-10-6-5-7-11-15)18-13-8-3-4-9-14-18/h5-7,10-11H,2-4,8-9,12-14H2,1H3,(H,19,20). The molecule has 20 heavy (non-hydrogen) atoms. The molecule has 1 heterocycles. The highest BCUT2D eigenvalue weighted by Crippen LogP contribution is 2.35. The largest absolute Gasteiger partial charge is 0.480 e. The van der Waals surface area contributed by atoms with Crippen molar-refractivity contribution >= 4 is 5.97 Å². The average molecular weight is 275 g/mol. The third kappa shape index (κ3) is 2.88. The van der Waals surface area contributed by atoms with Gasteiger partial charge in [0.15, 0.2) is 0 Å². The maximum Gasteiger partial charge on any atom is 0.328 e. The third-order valence-corrected chi connectivity index (χ3v) is 4.36. The van der Waals surface area contributed by atoms with E-state index in [0.717, 1.165) is 37.9 Å². The fourth-order valence-electron chi connectivity index (χ4n) is 3.38. The van der Waals surface area contributed by atoms with Crippen LogP contribution in [-0.2, 0) is 10.3 Å². The van der Waals surface area contributed by atoms with Crippen molar-refractivity contribution in [2.45, 2.75) is 51.0 Å². The second kappa shape index (κ2) is 6.89. The molecule has 110 valence electrons. The Balaban J connectivity index is 2.43. The summed E-state index contributed by atoms with van der Waals surface area (Å²) in [5, 5.41) is 10.0. The summed E-state index contributed by atoms with van der Waals surface area (Å²) in [6.45, 7) is 3.85. The third-order valence-electron chi connectivity index (χ3n) is 4.36. The molecule has 0 radical (unpaired) electrons. The Morgan fingerprint density at radius 2 is 1.75 bits per heavy atom. The first kappa shape index (κ1) is 15.0. The molecule has 0 bridgehead atoms. The quantitative estimate of drug-likeness (QED) is 0.892. The lowest BCUT2D eigenvalue weighted by Gasteiger charge is -2.40. The monoisotopic (exact) mass is 275 g/mol. The van der Waals surface area contributed by atoms with Crippen LogP contribution in [0.1, 0.15) is 51.0 Å². The molecule has 0 amide bonds. The molecule has 0 saturated carbocycles. The van der Waals surface area contributed by atoms with Gasteiger partial charge in [0.25, 0.3) is 0 Å². The van der Waals surface area contributed by atoms with Crippen molar-refractivity contribution in [2.75, 3.05) is 13.1 Å². The van der Waals surface area contributed by atoms with Crippen molar-refractivity contribution in [1.82, 2.24) is 4.90 Å². The summed E-state index contributed by atoms with van der Waals surface area (Å²) in [5.74, 6) is -0.701. The zero-order valence-corrected chi connectivity index (χ0v) is 12.3. The average Bonchev–Trinajstić information content (AvgIpc) is 2.74. The van der Waals surface area contributed by atoms with Gasteiger partial charge in [-0.25, -0.2) is 4.79 Å². The highest BCUT2D eigenvalue weighted by Gasteiger charge is 2.44. The Morgan fingerprint density at radius 1 is 1.15 bits per heavy atom. The molecule has 0 aromatic heterocycles. The summed E-state index contributed by atoms with van der Waals surface area (Å²) < 4.78 is 0. The van der Waals surface area contributed by atoms with E-state index in [0.29, 0.717) is 6.42 Å². The summed E-state index contributed by atoms with van der Waals surface area (Å²) in [6, 6.07) is 9.77. The number of benzene rings is 1. The van der Waals surface area contributed by atoms with Crippen LogP contribution in [0.15, 0.2) is 30.3 Å². The van der Waals surface area contributed by atoms with Gasteiger partial charge in [-0.15, -0.1) is 0 Å². The molecule has 1 saturated heterocycles. The molecule has 1 aliphatic heterocycles. The molecule has 0 aliphatic carbocycles. The summed E-state index contributed by atoms with van der Waals surface area (Å²) in [6.07, 6.45) is 6.18. The molecule has 1 fully saturated rings. The minimum Gasteiger partial charge on any atom is -0.480 e. The van der Waals surface area contributed by atoms with Crippen molar-refractivity contribution in [1.29, 1.82) is 0 Å². The lowest BCUT2D eigenvalue weighted by atomic mass is 9.83. The van der Waals surface area contributed by atoms with E-state index in [2.05, 4.69) is 11.8 Å². The maximum atomic E-state index is 12.2. The van der Waals surface area contributed by atoms with Crippen LogP contribution in [0, 0.1) is 0 Å². The van der Waals surface area contributed by atoms with Gasteiger partial charge in [-0.1, -0.05) is 56.5 Å². The SMILES string of the molecule is CCCC(C(=O)O)(c1ccccc1)N1CCCCCC1. The highest BCUT2D eigenvalue weighted by molar-refractivity contribution is 5.80. The number of hydrogen-bond acceptors (Lipinski definition) is 2. The Bertz CT molecular complexity index is 424. The van der Waals surface area contributed by atoms with Crippen LogP contribution in [-0.4, -0.2) is 29.1 Å². The number of likely N-dealkylation sites (tertiary alicyclic amines) is 1. The highest BCUT2D eigenvalue weighted by atomic mass is 16.4. The van der Waals surface area contributed by atoms with E-state index in [1.54, 1.807) is 0 Å². The van der Waals surface area contributed by atoms with Crippen LogP contribution in [0.3, 0.4) is 0 Å². The number of carboxylic acid groups (broad SMARTS) is 1. The predicted molar refractivity (Wildman–Crippen MR) is 80.7 cm³/mol. The summed E-state index contributed by atoms with van der Waals surface area (Å²) in [7, 11) is 0. The normalized spacial score (nSPS) is 20.1. The van der Waals surface area contributed by atoms with Gasteiger partial charge in [0.2, 0.25) is 0 Å². The summed E-state index contributed by atoms with van der Waals surface area (Å²) in [5.41, 5.74) is 0.0802. The Labute approximate surface area is 121 Å². The van der Waals surface area contributed by atoms with Crippen molar-refractivity contribution < 1.29 is 9.90 Å². The first-order valence-corrected chi connectivity index (χ1v) is 7.76. The molecule has 1 aromatic carbocycles. The van der Waals surface area contributed by atoms with Crippen molar-refractivity contribution in [3.8, 4) is 0 Å². The minimum atomic E-state index is -0.847. The molecule has 2 rings (SSSR count). The minimum absolute atomic E-state index is 0.673. The summed E-state index contributed by atoms with van der Waals surface area (Å²) in [4.78, 5) is 14.4. The van der Waals surface area contributed by atoms with Gasteiger partial charge in [0, 0.05) is 0 Å². The van der Waals surface area contributed by atoms with Crippen LogP contribution >= 0.6 is 0 Å². The first-order chi connectivity index (χ1) is 9.71. The van der Waals surface area contributed by atoms with Gasteiger partial charge >= 0.3 is 5.97 Å². The fraction of sp³-hybridized carbons (Fsp3) is 0.588. The van der Waals surface area contributed by atoms with Crippen molar-refractivity contribution in [3.63, 3.8) is 0 Å². The molecular formula is C17H25NO2. The molecule has 3 nitrogen and oxygen atoms in total. The van der Waals surface area contributed by atoms with Gasteiger partial charge in [-0.05, 0) is 37.9 Å². The summed E-state index contributed by atoms with van der Waals surface area (Å²) >= 11 is 0. The number of carbonyl (C=O) groups is 1. The number of nitrogens with zero attached hydrogens (tertiary/aromatic N) is 1. The predicted octanol–water partition coefficient (Wildman–Crippen LogP) is 3.64. The molecule has 1 aliphatic rings. The van der Waals surface area contributed by atoms with E-state index in [1.807, 2.05) is 30.3 Å². The smallest absolute Gasteiger partial charge is 0.328 e. The van der Waals surface area contributed by atoms with Crippen LogP contribution in [0.4, 0.5) is 0 Å². The van der Waals surface area contributed by atoms with E-state index in [9.17, 15) is 9.90 Å². The van der Waals surface area contributed by atoms with Crippen LogP contribution in [0.25, 0.3) is 0 Å². The Hall–Kier alpha value is -1.35. The lowest BCUT2D eigenvalue weighted by molar-refractivity contribution is -0.153. The number of hydrogen-bond donors (Lipinski definition) is 1. The van der Waals surface area contributed by atoms with Crippen LogP contribution in [0.5, 0.6) is 0 Å². The van der Waals surface area contributed by atoms with E-state index >= 15 is 0 Å². The van der Waals surface area contributed by atoms with Gasteiger partial charge in [-0.2, -0.15) is 0 Å². The topological polar surface area (TPSA) is 40.5 Å². The first-order valence-electron chi connectivity index (χ1n) is 7.76. The van der Waals surface area contributed by atoms with E-state index in [4.69, 9.17) is 0 Å². The Kier molecular flexibility index (Phi) is 5.18. The number of rotatable bonds is 5. The molecule has 1 N–H and O–H groups in total.